The molecule has 0 unspecified atom stereocenters. The highest BCUT2D eigenvalue weighted by Crippen LogP contribution is 2.18. The minimum absolute atomic E-state index is 0.0213. The molecular formula is C12H16F2N2O2S. The van der Waals surface area contributed by atoms with E-state index in [9.17, 15) is 17.2 Å². The topological polar surface area (TPSA) is 58.2 Å². The smallest absolute Gasteiger partial charge is 0.243 e. The Bertz CT molecular complexity index is 563. The Kier molecular flexibility index (Phi) is 4.17. The fourth-order valence-corrected chi connectivity index (χ4v) is 3.57. The normalized spacial score (nSPS) is 24.4. The van der Waals surface area contributed by atoms with Crippen LogP contribution in [0.1, 0.15) is 19.8 Å². The summed E-state index contributed by atoms with van der Waals surface area (Å²) in [6, 6.07) is 2.13. The van der Waals surface area contributed by atoms with Gasteiger partial charge in [-0.1, -0.05) is 0 Å². The lowest BCUT2D eigenvalue weighted by Crippen LogP contribution is -2.51. The van der Waals surface area contributed by atoms with Crippen molar-refractivity contribution in [2.75, 3.05) is 6.54 Å². The lowest BCUT2D eigenvalue weighted by Gasteiger charge is -2.30. The van der Waals surface area contributed by atoms with Crippen molar-refractivity contribution >= 4 is 10.0 Å². The number of piperidine rings is 1. The standard InChI is InChI=1S/C12H16F2N2O2S/c1-8-11(3-2-6-15-8)16-19(17,18)12-5-4-9(13)7-10(12)14/h4-5,7-8,11,15-16H,2-3,6H2,1H3/t8-,11-/m1/s1. The molecule has 0 spiro atoms. The van der Waals surface area contributed by atoms with Crippen LogP contribution in [0.25, 0.3) is 0 Å². The van der Waals surface area contributed by atoms with Crippen LogP contribution in [-0.4, -0.2) is 27.0 Å². The summed E-state index contributed by atoms with van der Waals surface area (Å²) in [7, 11) is -3.97. The van der Waals surface area contributed by atoms with Gasteiger partial charge in [-0.05, 0) is 38.4 Å². The van der Waals surface area contributed by atoms with Gasteiger partial charge in [-0.15, -0.1) is 0 Å². The van der Waals surface area contributed by atoms with Crippen LogP contribution in [0.5, 0.6) is 0 Å². The molecule has 0 radical (unpaired) electrons. The molecule has 1 heterocycles. The highest BCUT2D eigenvalue weighted by molar-refractivity contribution is 7.89. The van der Waals surface area contributed by atoms with Crippen molar-refractivity contribution in [3.05, 3.63) is 29.8 Å². The highest BCUT2D eigenvalue weighted by Gasteiger charge is 2.28. The van der Waals surface area contributed by atoms with Crippen LogP contribution in [0.2, 0.25) is 0 Å². The summed E-state index contributed by atoms with van der Waals surface area (Å²) >= 11 is 0. The number of benzene rings is 1. The molecule has 1 aliphatic rings. The molecule has 0 saturated carbocycles. The van der Waals surface area contributed by atoms with E-state index in [0.717, 1.165) is 25.1 Å². The number of rotatable bonds is 3. The number of nitrogens with one attached hydrogen (secondary N) is 2. The van der Waals surface area contributed by atoms with E-state index < -0.39 is 26.6 Å². The van der Waals surface area contributed by atoms with Crippen LogP contribution < -0.4 is 10.0 Å². The first-order chi connectivity index (χ1) is 8.90. The van der Waals surface area contributed by atoms with E-state index >= 15 is 0 Å². The largest absolute Gasteiger partial charge is 0.313 e. The maximum Gasteiger partial charge on any atom is 0.243 e. The van der Waals surface area contributed by atoms with Crippen LogP contribution in [0.3, 0.4) is 0 Å². The second-order valence-corrected chi connectivity index (χ2v) is 6.37. The van der Waals surface area contributed by atoms with Gasteiger partial charge < -0.3 is 5.32 Å². The number of hydrogen-bond acceptors (Lipinski definition) is 3. The Morgan fingerprint density at radius 2 is 2.11 bits per heavy atom. The maximum atomic E-state index is 13.5. The van der Waals surface area contributed by atoms with Crippen molar-refractivity contribution in [1.29, 1.82) is 0 Å². The molecule has 0 aromatic heterocycles. The highest BCUT2D eigenvalue weighted by atomic mass is 32.2. The van der Waals surface area contributed by atoms with Crippen molar-refractivity contribution in [2.45, 2.75) is 36.7 Å². The van der Waals surface area contributed by atoms with Gasteiger partial charge in [0.1, 0.15) is 16.5 Å². The average molecular weight is 290 g/mol. The predicted octanol–water partition coefficient (Wildman–Crippen LogP) is 1.38. The predicted molar refractivity (Wildman–Crippen MR) is 67.2 cm³/mol. The van der Waals surface area contributed by atoms with Crippen molar-refractivity contribution in [1.82, 2.24) is 10.0 Å². The van der Waals surface area contributed by atoms with E-state index in [1.165, 1.54) is 0 Å². The fourth-order valence-electron chi connectivity index (χ4n) is 2.16. The monoisotopic (exact) mass is 290 g/mol. The van der Waals surface area contributed by atoms with Gasteiger partial charge in [-0.3, -0.25) is 0 Å². The van der Waals surface area contributed by atoms with Crippen LogP contribution in [0, 0.1) is 11.6 Å². The van der Waals surface area contributed by atoms with Gasteiger partial charge in [-0.2, -0.15) is 0 Å². The van der Waals surface area contributed by atoms with Gasteiger partial charge in [0.25, 0.3) is 0 Å². The van der Waals surface area contributed by atoms with E-state index in [-0.39, 0.29) is 12.1 Å². The molecule has 2 atom stereocenters. The number of hydrogen-bond donors (Lipinski definition) is 2. The zero-order chi connectivity index (χ0) is 14.0. The Balaban J connectivity index is 2.22. The SMILES string of the molecule is C[C@H]1NCCC[C@H]1NS(=O)(=O)c1ccc(F)cc1F. The van der Waals surface area contributed by atoms with E-state index in [4.69, 9.17) is 0 Å². The zero-order valence-corrected chi connectivity index (χ0v) is 11.3. The van der Waals surface area contributed by atoms with Gasteiger partial charge in [0.05, 0.1) is 0 Å². The Morgan fingerprint density at radius 3 is 2.74 bits per heavy atom. The summed E-state index contributed by atoms with van der Waals surface area (Å²) < 4.78 is 52.9. The van der Waals surface area contributed by atoms with E-state index in [2.05, 4.69) is 10.0 Å². The van der Waals surface area contributed by atoms with Gasteiger partial charge >= 0.3 is 0 Å². The molecule has 4 nitrogen and oxygen atoms in total. The molecule has 7 heteroatoms. The summed E-state index contributed by atoms with van der Waals surface area (Å²) in [4.78, 5) is -0.522. The Labute approximate surface area is 111 Å². The zero-order valence-electron chi connectivity index (χ0n) is 10.5. The van der Waals surface area contributed by atoms with E-state index in [0.29, 0.717) is 12.5 Å². The van der Waals surface area contributed by atoms with Gasteiger partial charge in [-0.25, -0.2) is 21.9 Å². The van der Waals surface area contributed by atoms with Crippen molar-refractivity contribution in [2.24, 2.45) is 0 Å². The van der Waals surface area contributed by atoms with E-state index in [1.54, 1.807) is 0 Å². The molecule has 1 aromatic carbocycles. The molecule has 2 N–H and O–H groups in total. The molecular weight excluding hydrogens is 274 g/mol. The molecule has 2 rings (SSSR count). The first kappa shape index (κ1) is 14.4. The molecule has 1 aliphatic heterocycles. The summed E-state index contributed by atoms with van der Waals surface area (Å²) in [5.74, 6) is -1.88. The lowest BCUT2D eigenvalue weighted by molar-refractivity contribution is 0.348. The third-order valence-corrected chi connectivity index (χ3v) is 4.77. The summed E-state index contributed by atoms with van der Waals surface area (Å²) in [5.41, 5.74) is 0. The van der Waals surface area contributed by atoms with E-state index in [1.807, 2.05) is 6.92 Å². The summed E-state index contributed by atoms with van der Waals surface area (Å²) in [6.45, 7) is 2.71. The third kappa shape index (κ3) is 3.29. The first-order valence-corrected chi connectivity index (χ1v) is 7.59. The van der Waals surface area contributed by atoms with Crippen molar-refractivity contribution < 1.29 is 17.2 Å². The Morgan fingerprint density at radius 1 is 1.37 bits per heavy atom. The third-order valence-electron chi connectivity index (χ3n) is 3.25. The van der Waals surface area contributed by atoms with Crippen LogP contribution >= 0.6 is 0 Å². The molecule has 0 amide bonds. The van der Waals surface area contributed by atoms with Crippen LogP contribution in [0.4, 0.5) is 8.78 Å². The van der Waals surface area contributed by atoms with Crippen LogP contribution in [-0.2, 0) is 10.0 Å². The molecule has 1 aromatic rings. The minimum Gasteiger partial charge on any atom is -0.313 e. The minimum atomic E-state index is -3.97. The molecule has 1 fully saturated rings. The van der Waals surface area contributed by atoms with Gasteiger partial charge in [0, 0.05) is 18.2 Å². The number of sulfonamides is 1. The van der Waals surface area contributed by atoms with Crippen LogP contribution in [0.15, 0.2) is 23.1 Å². The molecule has 106 valence electrons. The molecule has 1 saturated heterocycles. The van der Waals surface area contributed by atoms with Crippen molar-refractivity contribution in [3.63, 3.8) is 0 Å². The summed E-state index contributed by atoms with van der Waals surface area (Å²) in [6.07, 6.45) is 1.54. The molecule has 0 aliphatic carbocycles. The van der Waals surface area contributed by atoms with Gasteiger partial charge in [0.15, 0.2) is 0 Å². The fraction of sp³-hybridized carbons (Fsp3) is 0.500. The molecule has 19 heavy (non-hydrogen) atoms. The Hall–Kier alpha value is -1.05. The second-order valence-electron chi connectivity index (χ2n) is 4.69. The molecule has 0 bridgehead atoms. The maximum absolute atomic E-state index is 13.5. The number of halogens is 2. The summed E-state index contributed by atoms with van der Waals surface area (Å²) in [5, 5.41) is 3.15. The van der Waals surface area contributed by atoms with Crippen molar-refractivity contribution in [3.8, 4) is 0 Å². The first-order valence-electron chi connectivity index (χ1n) is 6.11. The second kappa shape index (κ2) is 5.52. The lowest BCUT2D eigenvalue weighted by atomic mass is 10.0. The van der Waals surface area contributed by atoms with Gasteiger partial charge in [0.2, 0.25) is 10.0 Å². The average Bonchev–Trinajstić information content (AvgIpc) is 2.31. The quantitative estimate of drug-likeness (QED) is 0.884.